The van der Waals surface area contributed by atoms with Gasteiger partial charge in [-0.3, -0.25) is 4.79 Å². The lowest BCUT2D eigenvalue weighted by Gasteiger charge is -2.17. The highest BCUT2D eigenvalue weighted by Crippen LogP contribution is 2.30. The van der Waals surface area contributed by atoms with E-state index in [4.69, 9.17) is 4.74 Å². The second kappa shape index (κ2) is 5.84. The Morgan fingerprint density at radius 3 is 2.90 bits per heavy atom. The third kappa shape index (κ3) is 3.31. The summed E-state index contributed by atoms with van der Waals surface area (Å²) >= 11 is 1.00. The highest BCUT2D eigenvalue weighted by atomic mass is 32.2. The van der Waals surface area contributed by atoms with Crippen molar-refractivity contribution in [3.05, 3.63) is 23.8 Å². The van der Waals surface area contributed by atoms with Crippen molar-refractivity contribution in [2.45, 2.75) is 18.7 Å². The maximum absolute atomic E-state index is 12.0. The van der Waals surface area contributed by atoms with Crippen molar-refractivity contribution in [3.63, 3.8) is 0 Å². The van der Waals surface area contributed by atoms with Crippen LogP contribution < -0.4 is 5.32 Å². The quantitative estimate of drug-likeness (QED) is 0.856. The fraction of sp³-hybridized carbons (Fsp3) is 0.333. The molecule has 1 heterocycles. The molecule has 0 aliphatic carbocycles. The molecule has 2 rings (SSSR count). The highest BCUT2D eigenvalue weighted by molar-refractivity contribution is 8.15. The van der Waals surface area contributed by atoms with Crippen molar-refractivity contribution in [1.82, 2.24) is 0 Å². The van der Waals surface area contributed by atoms with Gasteiger partial charge in [-0.2, -0.15) is 8.42 Å². The van der Waals surface area contributed by atoms with Crippen molar-refractivity contribution < 1.29 is 17.9 Å². The van der Waals surface area contributed by atoms with Gasteiger partial charge >= 0.3 is 5.97 Å². The van der Waals surface area contributed by atoms with Crippen LogP contribution in [0.3, 0.4) is 0 Å². The van der Waals surface area contributed by atoms with Gasteiger partial charge in [0, 0.05) is 0 Å². The van der Waals surface area contributed by atoms with Gasteiger partial charge in [-0.05, 0) is 31.5 Å². The van der Waals surface area contributed by atoms with E-state index in [0.29, 0.717) is 12.3 Å². The van der Waals surface area contributed by atoms with E-state index in [1.54, 1.807) is 25.1 Å². The second-order valence-electron chi connectivity index (χ2n) is 4.09. The molecule has 6 nitrogen and oxygen atoms in total. The molecule has 0 atom stereocenters. The first-order valence-corrected chi connectivity index (χ1v) is 8.36. The van der Waals surface area contributed by atoms with E-state index in [-0.39, 0.29) is 15.8 Å². The number of nitrogens with one attached hydrogen (secondary N) is 1. The Kier molecular flexibility index (Phi) is 4.34. The molecule has 1 aromatic carbocycles. The lowest BCUT2D eigenvalue weighted by molar-refractivity contribution is -0.139. The molecule has 0 bridgehead atoms. The predicted octanol–water partition coefficient (Wildman–Crippen LogP) is 1.76. The Labute approximate surface area is 121 Å². The normalized spacial score (nSPS) is 15.8. The number of rotatable bonds is 3. The number of hydrogen-bond acceptors (Lipinski definition) is 6. The van der Waals surface area contributed by atoms with Gasteiger partial charge in [-0.15, -0.1) is 4.40 Å². The first kappa shape index (κ1) is 14.9. The summed E-state index contributed by atoms with van der Waals surface area (Å²) in [4.78, 5) is 11.4. The molecule has 0 unspecified atom stereocenters. The minimum atomic E-state index is -3.72. The number of benzene rings is 1. The highest BCUT2D eigenvalue weighted by Gasteiger charge is 2.25. The smallest absolute Gasteiger partial charge is 0.316 e. The topological polar surface area (TPSA) is 84.8 Å². The standard InChI is InChI=1S/C12H14N2O4S2/c1-3-18-11(15)7-19-12-13-9-5-4-8(2)6-10(9)20(16,17)14-12/h4-6H,3,7H2,1-2H3,(H,13,14). The minimum Gasteiger partial charge on any atom is -0.465 e. The number of nitrogens with zero attached hydrogens (tertiary/aromatic N) is 1. The van der Waals surface area contributed by atoms with E-state index in [2.05, 4.69) is 9.71 Å². The largest absolute Gasteiger partial charge is 0.465 e. The zero-order valence-electron chi connectivity index (χ0n) is 11.0. The number of amidine groups is 1. The van der Waals surface area contributed by atoms with Gasteiger partial charge < -0.3 is 10.1 Å². The molecule has 1 aliphatic heterocycles. The average Bonchev–Trinajstić information content (AvgIpc) is 2.37. The van der Waals surface area contributed by atoms with Crippen molar-refractivity contribution in [1.29, 1.82) is 0 Å². The van der Waals surface area contributed by atoms with E-state index in [1.165, 1.54) is 0 Å². The maximum atomic E-state index is 12.0. The number of carbonyl (C=O) groups is 1. The number of esters is 1. The molecular formula is C12H14N2O4S2. The number of ether oxygens (including phenoxy) is 1. The molecular weight excluding hydrogens is 300 g/mol. The summed E-state index contributed by atoms with van der Waals surface area (Å²) in [6.07, 6.45) is 0. The molecule has 0 radical (unpaired) electrons. The first-order chi connectivity index (χ1) is 9.42. The molecule has 0 fully saturated rings. The fourth-order valence-corrected chi connectivity index (χ4v) is 3.75. The zero-order valence-corrected chi connectivity index (χ0v) is 12.7. The monoisotopic (exact) mass is 314 g/mol. The summed E-state index contributed by atoms with van der Waals surface area (Å²) < 4.78 is 32.5. The number of thioether (sulfide) groups is 1. The maximum Gasteiger partial charge on any atom is 0.316 e. The first-order valence-electron chi connectivity index (χ1n) is 5.93. The number of aryl methyl sites for hydroxylation is 1. The van der Waals surface area contributed by atoms with Crippen molar-refractivity contribution in [3.8, 4) is 0 Å². The summed E-state index contributed by atoms with van der Waals surface area (Å²) in [5.74, 6) is -0.398. The van der Waals surface area contributed by atoms with Crippen LogP contribution in [0.2, 0.25) is 0 Å². The molecule has 108 valence electrons. The second-order valence-corrected chi connectivity index (χ2v) is 6.63. The van der Waals surface area contributed by atoms with Crippen molar-refractivity contribution >= 4 is 38.6 Å². The fourth-order valence-electron chi connectivity index (χ4n) is 1.63. The third-order valence-corrected chi connectivity index (χ3v) is 4.77. The van der Waals surface area contributed by atoms with Crippen LogP contribution in [-0.2, 0) is 19.6 Å². The Hall–Kier alpha value is -1.54. The van der Waals surface area contributed by atoms with Gasteiger partial charge in [0.15, 0.2) is 5.17 Å². The summed E-state index contributed by atoms with van der Waals surface area (Å²) in [5, 5.41) is 3.08. The lowest BCUT2D eigenvalue weighted by Crippen LogP contribution is -2.20. The van der Waals surface area contributed by atoms with E-state index in [1.807, 2.05) is 6.92 Å². The van der Waals surface area contributed by atoms with Crippen molar-refractivity contribution in [2.24, 2.45) is 4.40 Å². The number of fused-ring (bicyclic) bond motifs is 1. The molecule has 1 aromatic rings. The van der Waals surface area contributed by atoms with Crippen LogP contribution >= 0.6 is 11.8 Å². The van der Waals surface area contributed by atoms with Crippen molar-refractivity contribution in [2.75, 3.05) is 17.7 Å². The van der Waals surface area contributed by atoms with Gasteiger partial charge in [-0.1, -0.05) is 17.8 Å². The molecule has 0 amide bonds. The number of sulfonamides is 1. The molecule has 0 spiro atoms. The van der Waals surface area contributed by atoms with E-state index < -0.39 is 16.0 Å². The van der Waals surface area contributed by atoms with Crippen LogP contribution in [0.1, 0.15) is 12.5 Å². The Morgan fingerprint density at radius 2 is 2.20 bits per heavy atom. The van der Waals surface area contributed by atoms with Gasteiger partial charge in [0.25, 0.3) is 10.0 Å². The lowest BCUT2D eigenvalue weighted by atomic mass is 10.2. The number of carbonyl (C=O) groups excluding carboxylic acids is 1. The molecule has 0 saturated heterocycles. The van der Waals surface area contributed by atoms with E-state index in [9.17, 15) is 13.2 Å². The summed E-state index contributed by atoms with van der Waals surface area (Å²) in [6, 6.07) is 5.05. The van der Waals surface area contributed by atoms with Gasteiger partial charge in [-0.25, -0.2) is 0 Å². The Balaban J connectivity index is 2.18. The van der Waals surface area contributed by atoms with Crippen LogP contribution in [0.15, 0.2) is 27.5 Å². The predicted molar refractivity (Wildman–Crippen MR) is 78.5 cm³/mol. The van der Waals surface area contributed by atoms with Crippen LogP contribution in [-0.4, -0.2) is 31.9 Å². The summed E-state index contributed by atoms with van der Waals surface area (Å²) in [7, 11) is -3.72. The molecule has 1 N–H and O–H groups in total. The Morgan fingerprint density at radius 1 is 1.45 bits per heavy atom. The van der Waals surface area contributed by atoms with E-state index in [0.717, 1.165) is 17.3 Å². The van der Waals surface area contributed by atoms with Crippen LogP contribution in [0.5, 0.6) is 0 Å². The van der Waals surface area contributed by atoms with Gasteiger partial charge in [0.2, 0.25) is 0 Å². The minimum absolute atomic E-state index is 0.0103. The zero-order chi connectivity index (χ0) is 14.8. The summed E-state index contributed by atoms with van der Waals surface area (Å²) in [5.41, 5.74) is 1.31. The van der Waals surface area contributed by atoms with Crippen LogP contribution in [0.25, 0.3) is 0 Å². The molecule has 20 heavy (non-hydrogen) atoms. The average molecular weight is 314 g/mol. The summed E-state index contributed by atoms with van der Waals surface area (Å²) in [6.45, 7) is 3.81. The van der Waals surface area contributed by atoms with Gasteiger partial charge in [0.1, 0.15) is 4.90 Å². The number of anilines is 1. The SMILES string of the molecule is CCOC(=O)CSC1=NS(=O)(=O)c2cc(C)ccc2N1. The van der Waals surface area contributed by atoms with Crippen LogP contribution in [0, 0.1) is 6.92 Å². The van der Waals surface area contributed by atoms with Gasteiger partial charge in [0.05, 0.1) is 18.0 Å². The van der Waals surface area contributed by atoms with E-state index >= 15 is 0 Å². The van der Waals surface area contributed by atoms with Crippen LogP contribution in [0.4, 0.5) is 5.69 Å². The molecule has 0 aromatic heterocycles. The molecule has 1 aliphatic rings. The molecule has 0 saturated carbocycles. The third-order valence-electron chi connectivity index (χ3n) is 2.49. The number of hydrogen-bond donors (Lipinski definition) is 1. The molecule has 8 heteroatoms. The Bertz CT molecular complexity index is 668.